The molecule has 0 amide bonds. The van der Waals surface area contributed by atoms with Crippen molar-refractivity contribution < 1.29 is 4.74 Å². The summed E-state index contributed by atoms with van der Waals surface area (Å²) in [4.78, 5) is 0. The highest BCUT2D eigenvalue weighted by atomic mass is 35.5. The zero-order valence-electron chi connectivity index (χ0n) is 8.41. The molecule has 0 aliphatic heterocycles. The van der Waals surface area contributed by atoms with Crippen LogP contribution in [0.1, 0.15) is 20.3 Å². The predicted octanol–water partition coefficient (Wildman–Crippen LogP) is 2.24. The van der Waals surface area contributed by atoms with Gasteiger partial charge in [-0.05, 0) is 26.8 Å². The number of rotatable bonds is 8. The average molecular weight is 228 g/mol. The molecule has 0 bridgehead atoms. The fourth-order valence-corrected chi connectivity index (χ4v) is 1.31. The maximum atomic E-state index is 5.77. The molecule has 1 N–H and O–H groups in total. The maximum absolute atomic E-state index is 5.77. The van der Waals surface area contributed by atoms with Crippen LogP contribution in [0.5, 0.6) is 0 Å². The van der Waals surface area contributed by atoms with Crippen LogP contribution in [-0.4, -0.2) is 37.1 Å². The molecule has 0 aliphatic rings. The number of hydrogen-bond acceptors (Lipinski definition) is 2. The monoisotopic (exact) mass is 227 g/mol. The van der Waals surface area contributed by atoms with E-state index in [0.29, 0.717) is 11.8 Å². The van der Waals surface area contributed by atoms with E-state index in [9.17, 15) is 0 Å². The van der Waals surface area contributed by atoms with Crippen LogP contribution in [-0.2, 0) is 4.74 Å². The minimum atomic E-state index is -0.144. The van der Waals surface area contributed by atoms with Gasteiger partial charge in [0.2, 0.25) is 0 Å². The van der Waals surface area contributed by atoms with Crippen molar-refractivity contribution in [1.29, 1.82) is 0 Å². The van der Waals surface area contributed by atoms with Crippen molar-refractivity contribution in [3.8, 4) is 0 Å². The highest BCUT2D eigenvalue weighted by molar-refractivity contribution is 6.22. The zero-order valence-corrected chi connectivity index (χ0v) is 9.92. The topological polar surface area (TPSA) is 21.3 Å². The highest BCUT2D eigenvalue weighted by Gasteiger charge is 2.20. The first-order chi connectivity index (χ1) is 6.18. The number of alkyl halides is 2. The third-order valence-corrected chi connectivity index (χ3v) is 2.99. The lowest BCUT2D eigenvalue weighted by atomic mass is 10.1. The average Bonchev–Trinajstić information content (AvgIpc) is 2.17. The van der Waals surface area contributed by atoms with Crippen LogP contribution in [0.4, 0.5) is 0 Å². The molecule has 2 nitrogen and oxygen atoms in total. The summed E-state index contributed by atoms with van der Waals surface area (Å²) in [5.74, 6) is 1.07. The lowest BCUT2D eigenvalue weighted by Gasteiger charge is -2.25. The minimum Gasteiger partial charge on any atom is -0.382 e. The maximum Gasteiger partial charge on any atom is 0.0477 e. The molecular formula is C9H19Cl2NO. The van der Waals surface area contributed by atoms with Crippen molar-refractivity contribution in [3.05, 3.63) is 0 Å². The van der Waals surface area contributed by atoms with Crippen LogP contribution in [0.25, 0.3) is 0 Å². The van der Waals surface area contributed by atoms with Gasteiger partial charge in [-0.2, -0.15) is 0 Å². The van der Waals surface area contributed by atoms with Crippen molar-refractivity contribution in [2.45, 2.75) is 25.8 Å². The Balaban J connectivity index is 3.39. The molecule has 0 fully saturated rings. The fourth-order valence-electron chi connectivity index (χ4n) is 0.839. The van der Waals surface area contributed by atoms with Crippen LogP contribution < -0.4 is 5.32 Å². The van der Waals surface area contributed by atoms with Gasteiger partial charge in [-0.25, -0.2) is 0 Å². The second-order valence-corrected chi connectivity index (χ2v) is 3.84. The van der Waals surface area contributed by atoms with Gasteiger partial charge in [0, 0.05) is 30.5 Å². The van der Waals surface area contributed by atoms with Crippen molar-refractivity contribution in [3.63, 3.8) is 0 Å². The van der Waals surface area contributed by atoms with E-state index in [0.717, 1.165) is 26.2 Å². The van der Waals surface area contributed by atoms with E-state index in [1.165, 1.54) is 0 Å². The summed E-state index contributed by atoms with van der Waals surface area (Å²) in [6.45, 7) is 6.49. The summed E-state index contributed by atoms with van der Waals surface area (Å²) >= 11 is 11.5. The quantitative estimate of drug-likeness (QED) is 0.508. The Morgan fingerprint density at radius 1 is 1.31 bits per heavy atom. The molecule has 80 valence electrons. The molecular weight excluding hydrogens is 209 g/mol. The summed E-state index contributed by atoms with van der Waals surface area (Å²) in [7, 11) is 0. The predicted molar refractivity (Wildman–Crippen MR) is 59.0 cm³/mol. The summed E-state index contributed by atoms with van der Waals surface area (Å²) < 4.78 is 5.21. The third kappa shape index (κ3) is 6.55. The van der Waals surface area contributed by atoms with Gasteiger partial charge in [0.1, 0.15) is 0 Å². The lowest BCUT2D eigenvalue weighted by molar-refractivity contribution is 0.143. The Kier molecular flexibility index (Phi) is 8.17. The molecule has 0 rings (SSSR count). The van der Waals surface area contributed by atoms with Gasteiger partial charge in [0.05, 0.1) is 0 Å². The SMILES string of the molecule is CCOCCCNC(C)(CCl)CCl. The van der Waals surface area contributed by atoms with E-state index in [1.54, 1.807) is 0 Å². The van der Waals surface area contributed by atoms with Gasteiger partial charge in [0.25, 0.3) is 0 Å². The summed E-state index contributed by atoms with van der Waals surface area (Å²) in [6.07, 6.45) is 0.997. The largest absolute Gasteiger partial charge is 0.382 e. The van der Waals surface area contributed by atoms with E-state index in [1.807, 2.05) is 13.8 Å². The molecule has 0 aromatic heterocycles. The van der Waals surface area contributed by atoms with E-state index in [2.05, 4.69) is 5.32 Å². The molecule has 0 atom stereocenters. The van der Waals surface area contributed by atoms with Gasteiger partial charge in [-0.15, -0.1) is 23.2 Å². The number of ether oxygens (including phenoxy) is 1. The number of nitrogens with one attached hydrogen (secondary N) is 1. The van der Waals surface area contributed by atoms with Crippen molar-refractivity contribution in [1.82, 2.24) is 5.32 Å². The number of hydrogen-bond donors (Lipinski definition) is 1. The first-order valence-electron chi connectivity index (χ1n) is 4.63. The molecule has 13 heavy (non-hydrogen) atoms. The molecule has 0 aromatic rings. The highest BCUT2D eigenvalue weighted by Crippen LogP contribution is 2.08. The number of halogens is 2. The molecule has 0 unspecified atom stereocenters. The molecule has 0 aliphatic carbocycles. The Bertz CT molecular complexity index is 118. The standard InChI is InChI=1S/C9H19Cl2NO/c1-3-13-6-4-5-12-9(2,7-10)8-11/h12H,3-8H2,1-2H3. The Hall–Kier alpha value is 0.500. The lowest BCUT2D eigenvalue weighted by Crippen LogP contribution is -2.46. The second kappa shape index (κ2) is 7.86. The summed E-state index contributed by atoms with van der Waals surface area (Å²) in [5, 5.41) is 3.31. The molecule has 0 radical (unpaired) electrons. The summed E-state index contributed by atoms with van der Waals surface area (Å²) in [5.41, 5.74) is -0.144. The molecule has 0 saturated carbocycles. The van der Waals surface area contributed by atoms with E-state index < -0.39 is 0 Å². The Labute approximate surface area is 90.9 Å². The molecule has 0 spiro atoms. The van der Waals surface area contributed by atoms with Gasteiger partial charge in [-0.1, -0.05) is 0 Å². The normalized spacial score (nSPS) is 12.0. The van der Waals surface area contributed by atoms with Crippen molar-refractivity contribution in [2.24, 2.45) is 0 Å². The Morgan fingerprint density at radius 3 is 2.38 bits per heavy atom. The summed E-state index contributed by atoms with van der Waals surface area (Å²) in [6, 6.07) is 0. The molecule has 0 aromatic carbocycles. The first kappa shape index (κ1) is 13.5. The van der Waals surface area contributed by atoms with Gasteiger partial charge >= 0.3 is 0 Å². The van der Waals surface area contributed by atoms with Gasteiger partial charge in [-0.3, -0.25) is 0 Å². The van der Waals surface area contributed by atoms with Crippen molar-refractivity contribution >= 4 is 23.2 Å². The fraction of sp³-hybridized carbons (Fsp3) is 1.00. The van der Waals surface area contributed by atoms with E-state index in [-0.39, 0.29) is 5.54 Å². The van der Waals surface area contributed by atoms with Gasteiger partial charge < -0.3 is 10.1 Å². The molecule has 0 saturated heterocycles. The van der Waals surface area contributed by atoms with Crippen LogP contribution in [0, 0.1) is 0 Å². The van der Waals surface area contributed by atoms with Crippen LogP contribution in [0.3, 0.4) is 0 Å². The van der Waals surface area contributed by atoms with Crippen LogP contribution in [0.2, 0.25) is 0 Å². The van der Waals surface area contributed by atoms with E-state index >= 15 is 0 Å². The zero-order chi connectivity index (χ0) is 10.2. The second-order valence-electron chi connectivity index (χ2n) is 3.31. The third-order valence-electron chi connectivity index (χ3n) is 1.81. The smallest absolute Gasteiger partial charge is 0.0477 e. The first-order valence-corrected chi connectivity index (χ1v) is 5.70. The van der Waals surface area contributed by atoms with E-state index in [4.69, 9.17) is 27.9 Å². The van der Waals surface area contributed by atoms with Crippen molar-refractivity contribution in [2.75, 3.05) is 31.5 Å². The van der Waals surface area contributed by atoms with Crippen LogP contribution in [0.15, 0.2) is 0 Å². The Morgan fingerprint density at radius 2 is 1.92 bits per heavy atom. The molecule has 0 heterocycles. The van der Waals surface area contributed by atoms with Gasteiger partial charge in [0.15, 0.2) is 0 Å². The van der Waals surface area contributed by atoms with Crippen LogP contribution >= 0.6 is 23.2 Å². The molecule has 4 heteroatoms. The minimum absolute atomic E-state index is 0.144.